The SMILES string of the molecule is Cc1ccc(C)c(NC(=O)c2nc(S(C)(=O)=O)ncc2N(Cc2ccc(C(C)C)cc2)Cc2ccco2)c1. The van der Waals surface area contributed by atoms with Crippen LogP contribution in [0.25, 0.3) is 0 Å². The molecule has 2 aromatic carbocycles. The van der Waals surface area contributed by atoms with Crippen molar-refractivity contribution in [3.05, 3.63) is 101 Å². The van der Waals surface area contributed by atoms with Crippen LogP contribution in [-0.2, 0) is 22.9 Å². The zero-order chi connectivity index (χ0) is 27.4. The van der Waals surface area contributed by atoms with E-state index in [4.69, 9.17) is 4.42 Å². The third-order valence-corrected chi connectivity index (χ3v) is 7.08. The maximum absolute atomic E-state index is 13.6. The standard InChI is InChI=1S/C29H32N4O4S/c1-19(2)23-12-10-22(11-13-23)17-33(18-24-7-6-14-37-24)26-16-30-29(38(5,35)36)32-27(26)28(34)31-25-15-20(3)8-9-21(25)4/h6-16,19H,17-18H2,1-5H3,(H,31,34). The van der Waals surface area contributed by atoms with Gasteiger partial charge in [0.2, 0.25) is 15.0 Å². The van der Waals surface area contributed by atoms with E-state index in [1.807, 2.05) is 55.1 Å². The first-order chi connectivity index (χ1) is 18.0. The molecular formula is C29H32N4O4S. The van der Waals surface area contributed by atoms with E-state index in [9.17, 15) is 13.2 Å². The lowest BCUT2D eigenvalue weighted by Crippen LogP contribution is -2.27. The van der Waals surface area contributed by atoms with Gasteiger partial charge in [0, 0.05) is 18.5 Å². The van der Waals surface area contributed by atoms with Gasteiger partial charge in [0.1, 0.15) is 5.76 Å². The van der Waals surface area contributed by atoms with E-state index in [1.165, 1.54) is 11.8 Å². The second-order valence-electron chi connectivity index (χ2n) is 9.76. The van der Waals surface area contributed by atoms with Crippen molar-refractivity contribution in [2.75, 3.05) is 16.5 Å². The highest BCUT2D eigenvalue weighted by Crippen LogP contribution is 2.27. The highest BCUT2D eigenvalue weighted by Gasteiger charge is 2.24. The highest BCUT2D eigenvalue weighted by molar-refractivity contribution is 7.90. The van der Waals surface area contributed by atoms with Crippen LogP contribution in [0.4, 0.5) is 11.4 Å². The third-order valence-electron chi connectivity index (χ3n) is 6.22. The van der Waals surface area contributed by atoms with Gasteiger partial charge in [-0.25, -0.2) is 18.4 Å². The Labute approximate surface area is 223 Å². The van der Waals surface area contributed by atoms with Gasteiger partial charge in [-0.3, -0.25) is 4.79 Å². The van der Waals surface area contributed by atoms with Gasteiger partial charge in [0.25, 0.3) is 5.91 Å². The number of benzene rings is 2. The molecule has 0 fully saturated rings. The zero-order valence-corrected chi connectivity index (χ0v) is 23.0. The van der Waals surface area contributed by atoms with Gasteiger partial charge >= 0.3 is 0 Å². The van der Waals surface area contributed by atoms with Crippen molar-refractivity contribution in [1.29, 1.82) is 0 Å². The summed E-state index contributed by atoms with van der Waals surface area (Å²) in [6.07, 6.45) is 4.00. The number of hydrogen-bond acceptors (Lipinski definition) is 7. The zero-order valence-electron chi connectivity index (χ0n) is 22.2. The molecule has 2 aromatic heterocycles. The molecule has 0 aliphatic carbocycles. The Balaban J connectivity index is 1.78. The Morgan fingerprint density at radius 2 is 1.79 bits per heavy atom. The minimum Gasteiger partial charge on any atom is -0.467 e. The molecule has 4 aromatic rings. The van der Waals surface area contributed by atoms with Crippen LogP contribution >= 0.6 is 0 Å². The molecule has 0 unspecified atom stereocenters. The van der Waals surface area contributed by atoms with E-state index in [0.29, 0.717) is 36.1 Å². The predicted octanol–water partition coefficient (Wildman–Crippen LogP) is 5.67. The maximum atomic E-state index is 13.6. The summed E-state index contributed by atoms with van der Waals surface area (Å²) in [6.45, 7) is 8.85. The average molecular weight is 533 g/mol. The van der Waals surface area contributed by atoms with Gasteiger partial charge < -0.3 is 14.6 Å². The monoisotopic (exact) mass is 532 g/mol. The topological polar surface area (TPSA) is 105 Å². The molecule has 2 heterocycles. The highest BCUT2D eigenvalue weighted by atomic mass is 32.2. The second kappa shape index (κ2) is 11.2. The van der Waals surface area contributed by atoms with E-state index in [0.717, 1.165) is 22.9 Å². The molecule has 0 radical (unpaired) electrons. The molecule has 0 saturated heterocycles. The number of carbonyl (C=O) groups is 1. The van der Waals surface area contributed by atoms with Crippen molar-refractivity contribution in [2.45, 2.75) is 51.9 Å². The first kappa shape index (κ1) is 27.1. The van der Waals surface area contributed by atoms with Crippen molar-refractivity contribution in [3.63, 3.8) is 0 Å². The number of aryl methyl sites for hydroxylation is 2. The minimum absolute atomic E-state index is 0.0355. The number of aromatic nitrogens is 2. The number of amides is 1. The first-order valence-electron chi connectivity index (χ1n) is 12.3. The molecule has 0 aliphatic heterocycles. The minimum atomic E-state index is -3.75. The Morgan fingerprint density at radius 3 is 2.42 bits per heavy atom. The summed E-state index contributed by atoms with van der Waals surface area (Å²) in [5, 5.41) is 2.50. The van der Waals surface area contributed by atoms with E-state index < -0.39 is 20.9 Å². The summed E-state index contributed by atoms with van der Waals surface area (Å²) in [7, 11) is -3.75. The Kier molecular flexibility index (Phi) is 7.97. The van der Waals surface area contributed by atoms with Crippen molar-refractivity contribution in [2.24, 2.45) is 0 Å². The summed E-state index contributed by atoms with van der Waals surface area (Å²) in [6, 6.07) is 17.6. The van der Waals surface area contributed by atoms with Gasteiger partial charge in [0.15, 0.2) is 5.69 Å². The molecule has 0 bridgehead atoms. The summed E-state index contributed by atoms with van der Waals surface area (Å²) >= 11 is 0. The van der Waals surface area contributed by atoms with Crippen molar-refractivity contribution < 1.29 is 17.6 Å². The van der Waals surface area contributed by atoms with E-state index in [-0.39, 0.29) is 5.69 Å². The fourth-order valence-corrected chi connectivity index (χ4v) is 4.54. The number of anilines is 2. The molecule has 9 heteroatoms. The quantitative estimate of drug-likeness (QED) is 0.277. The van der Waals surface area contributed by atoms with Crippen molar-refractivity contribution >= 4 is 27.1 Å². The van der Waals surface area contributed by atoms with Crippen LogP contribution in [0, 0.1) is 13.8 Å². The largest absolute Gasteiger partial charge is 0.467 e. The van der Waals surface area contributed by atoms with Gasteiger partial charge in [-0.1, -0.05) is 50.2 Å². The molecule has 8 nitrogen and oxygen atoms in total. The second-order valence-corrected chi connectivity index (χ2v) is 11.7. The number of nitrogens with one attached hydrogen (secondary N) is 1. The number of hydrogen-bond donors (Lipinski definition) is 1. The van der Waals surface area contributed by atoms with Gasteiger partial charge in [-0.15, -0.1) is 0 Å². The smallest absolute Gasteiger partial charge is 0.276 e. The van der Waals surface area contributed by atoms with Gasteiger partial charge in [-0.05, 0) is 60.2 Å². The summed E-state index contributed by atoms with van der Waals surface area (Å²) in [5.74, 6) is 0.554. The number of sulfone groups is 1. The summed E-state index contributed by atoms with van der Waals surface area (Å²) in [5.41, 5.74) is 5.07. The van der Waals surface area contributed by atoms with Crippen LogP contribution in [0.3, 0.4) is 0 Å². The molecule has 1 N–H and O–H groups in total. The molecule has 198 valence electrons. The van der Waals surface area contributed by atoms with Gasteiger partial charge in [-0.2, -0.15) is 0 Å². The van der Waals surface area contributed by atoms with E-state index in [2.05, 4.69) is 41.3 Å². The fourth-order valence-electron chi connectivity index (χ4n) is 4.03. The molecule has 38 heavy (non-hydrogen) atoms. The van der Waals surface area contributed by atoms with E-state index >= 15 is 0 Å². The van der Waals surface area contributed by atoms with Crippen LogP contribution in [0.2, 0.25) is 0 Å². The Bertz CT molecular complexity index is 1530. The van der Waals surface area contributed by atoms with Crippen LogP contribution in [0.5, 0.6) is 0 Å². The van der Waals surface area contributed by atoms with Crippen LogP contribution in [0.1, 0.15) is 58.3 Å². The lowest BCUT2D eigenvalue weighted by Gasteiger charge is -2.26. The normalized spacial score (nSPS) is 11.5. The number of carbonyl (C=O) groups excluding carboxylic acids is 1. The molecular weight excluding hydrogens is 500 g/mol. The van der Waals surface area contributed by atoms with Crippen LogP contribution < -0.4 is 10.2 Å². The average Bonchev–Trinajstić information content (AvgIpc) is 3.38. The fraction of sp³-hybridized carbons (Fsp3) is 0.276. The number of nitrogens with zero attached hydrogens (tertiary/aromatic N) is 3. The van der Waals surface area contributed by atoms with Gasteiger partial charge in [0.05, 0.1) is 24.7 Å². The lowest BCUT2D eigenvalue weighted by atomic mass is 10.0. The molecule has 0 saturated carbocycles. The lowest BCUT2D eigenvalue weighted by molar-refractivity contribution is 0.102. The predicted molar refractivity (Wildman–Crippen MR) is 148 cm³/mol. The Hall–Kier alpha value is -3.98. The summed E-state index contributed by atoms with van der Waals surface area (Å²) in [4.78, 5) is 23.9. The molecule has 0 aliphatic rings. The third kappa shape index (κ3) is 6.47. The Morgan fingerprint density at radius 1 is 1.05 bits per heavy atom. The molecule has 0 spiro atoms. The number of furan rings is 1. The number of rotatable bonds is 9. The molecule has 0 atom stereocenters. The van der Waals surface area contributed by atoms with Crippen LogP contribution in [0.15, 0.2) is 76.6 Å². The molecule has 1 amide bonds. The summed E-state index contributed by atoms with van der Waals surface area (Å²) < 4.78 is 30.2. The van der Waals surface area contributed by atoms with Crippen LogP contribution in [-0.4, -0.2) is 30.5 Å². The first-order valence-corrected chi connectivity index (χ1v) is 14.2. The van der Waals surface area contributed by atoms with Crippen molar-refractivity contribution in [1.82, 2.24) is 9.97 Å². The molecule has 4 rings (SSSR count). The van der Waals surface area contributed by atoms with Crippen molar-refractivity contribution in [3.8, 4) is 0 Å². The van der Waals surface area contributed by atoms with E-state index in [1.54, 1.807) is 12.3 Å². The maximum Gasteiger partial charge on any atom is 0.276 e.